The van der Waals surface area contributed by atoms with Gasteiger partial charge in [-0.05, 0) is 55.8 Å². The molecule has 0 aliphatic rings. The zero-order valence-electron chi connectivity index (χ0n) is 15.4. The number of fused-ring (bicyclic) bond motifs is 3. The van der Waals surface area contributed by atoms with E-state index in [2.05, 4.69) is 16.4 Å². The standard InChI is InChI=1S/C22H16N4O2/c1-13-17(11-23)21-25-19-5-3-4-6-20(19)26(21)22(28)18(13)12-24-16-9-7-15(8-10-16)14(2)27/h3-10,12,24H,1-2H3/b18-12-. The van der Waals surface area contributed by atoms with E-state index in [1.54, 1.807) is 37.4 Å². The molecule has 4 aromatic rings. The number of para-hydroxylation sites is 2. The molecule has 0 saturated heterocycles. The van der Waals surface area contributed by atoms with E-state index in [0.29, 0.717) is 38.6 Å². The van der Waals surface area contributed by atoms with Crippen LogP contribution in [0.5, 0.6) is 0 Å². The van der Waals surface area contributed by atoms with Crippen molar-refractivity contribution in [3.8, 4) is 6.07 Å². The fourth-order valence-corrected chi connectivity index (χ4v) is 3.24. The van der Waals surface area contributed by atoms with Crippen molar-refractivity contribution < 1.29 is 4.79 Å². The van der Waals surface area contributed by atoms with E-state index >= 15 is 0 Å². The van der Waals surface area contributed by atoms with Crippen molar-refractivity contribution in [1.82, 2.24) is 9.38 Å². The molecular weight excluding hydrogens is 352 g/mol. The smallest absolute Gasteiger partial charge is 0.265 e. The molecule has 0 saturated carbocycles. The molecule has 0 bridgehead atoms. The second-order valence-electron chi connectivity index (χ2n) is 6.51. The number of hydrogen-bond donors (Lipinski definition) is 1. The first-order valence-electron chi connectivity index (χ1n) is 8.73. The molecule has 0 aliphatic carbocycles. The molecule has 6 nitrogen and oxygen atoms in total. The summed E-state index contributed by atoms with van der Waals surface area (Å²) in [4.78, 5) is 29.0. The highest BCUT2D eigenvalue weighted by atomic mass is 16.1. The van der Waals surface area contributed by atoms with Crippen molar-refractivity contribution in [2.45, 2.75) is 13.8 Å². The van der Waals surface area contributed by atoms with Gasteiger partial charge in [-0.1, -0.05) is 12.1 Å². The van der Waals surface area contributed by atoms with Crippen molar-refractivity contribution in [2.24, 2.45) is 0 Å². The number of imidazole rings is 1. The number of carbonyl (C=O) groups excluding carboxylic acids is 1. The lowest BCUT2D eigenvalue weighted by atomic mass is 10.1. The van der Waals surface area contributed by atoms with Crippen molar-refractivity contribution >= 4 is 34.4 Å². The maximum Gasteiger partial charge on any atom is 0.265 e. The van der Waals surface area contributed by atoms with Crippen LogP contribution in [0.25, 0.3) is 22.9 Å². The summed E-state index contributed by atoms with van der Waals surface area (Å²) in [5.74, 6) is -0.00989. The van der Waals surface area contributed by atoms with Gasteiger partial charge in [-0.3, -0.25) is 14.0 Å². The summed E-state index contributed by atoms with van der Waals surface area (Å²) >= 11 is 0. The third kappa shape index (κ3) is 2.70. The quantitative estimate of drug-likeness (QED) is 0.562. The maximum absolute atomic E-state index is 13.2. The van der Waals surface area contributed by atoms with Crippen LogP contribution < -0.4 is 16.1 Å². The summed E-state index contributed by atoms with van der Waals surface area (Å²) in [6, 6.07) is 16.5. The lowest BCUT2D eigenvalue weighted by molar-refractivity contribution is 0.101. The van der Waals surface area contributed by atoms with E-state index in [1.165, 1.54) is 11.3 Å². The molecular formula is C22H16N4O2. The topological polar surface area (TPSA) is 87.3 Å². The van der Waals surface area contributed by atoms with Gasteiger partial charge in [-0.15, -0.1) is 0 Å². The molecule has 0 unspecified atom stereocenters. The molecule has 0 spiro atoms. The number of hydrogen-bond acceptors (Lipinski definition) is 5. The number of Topliss-reactive ketones (excluding diaryl/α,β-unsaturated/α-hetero) is 1. The van der Waals surface area contributed by atoms with Crippen molar-refractivity contribution in [3.63, 3.8) is 0 Å². The van der Waals surface area contributed by atoms with Crippen LogP contribution in [0.3, 0.4) is 0 Å². The summed E-state index contributed by atoms with van der Waals surface area (Å²) in [6.07, 6.45) is 1.59. The van der Waals surface area contributed by atoms with Crippen LogP contribution in [-0.4, -0.2) is 15.2 Å². The number of ketones is 1. The number of benzene rings is 2. The molecule has 0 atom stereocenters. The van der Waals surface area contributed by atoms with Gasteiger partial charge in [0.25, 0.3) is 5.56 Å². The van der Waals surface area contributed by atoms with Crippen LogP contribution >= 0.6 is 0 Å². The Kier molecular flexibility index (Phi) is 4.13. The Morgan fingerprint density at radius 2 is 1.89 bits per heavy atom. The zero-order chi connectivity index (χ0) is 19.8. The largest absolute Gasteiger partial charge is 0.361 e. The highest BCUT2D eigenvalue weighted by Gasteiger charge is 2.15. The average Bonchev–Trinajstić information content (AvgIpc) is 3.08. The van der Waals surface area contributed by atoms with E-state index in [9.17, 15) is 14.9 Å². The van der Waals surface area contributed by atoms with E-state index in [-0.39, 0.29) is 11.3 Å². The predicted octanol–water partition coefficient (Wildman–Crippen LogP) is 2.80. The van der Waals surface area contributed by atoms with Crippen molar-refractivity contribution in [2.75, 3.05) is 5.32 Å². The number of pyridine rings is 1. The number of rotatable bonds is 3. The molecule has 0 amide bonds. The van der Waals surface area contributed by atoms with Gasteiger partial charge in [0.2, 0.25) is 0 Å². The number of anilines is 1. The number of nitrogens with zero attached hydrogens (tertiary/aromatic N) is 3. The molecule has 2 heterocycles. The maximum atomic E-state index is 13.2. The minimum atomic E-state index is -0.243. The van der Waals surface area contributed by atoms with Gasteiger partial charge in [0.05, 0.1) is 21.8 Å². The molecule has 0 fully saturated rings. The highest BCUT2D eigenvalue weighted by Crippen LogP contribution is 2.17. The van der Waals surface area contributed by atoms with Crippen LogP contribution in [0.2, 0.25) is 0 Å². The Bertz CT molecular complexity index is 1390. The van der Waals surface area contributed by atoms with E-state index in [1.807, 2.05) is 24.3 Å². The second-order valence-corrected chi connectivity index (χ2v) is 6.51. The summed E-state index contributed by atoms with van der Waals surface area (Å²) < 4.78 is 1.48. The van der Waals surface area contributed by atoms with E-state index < -0.39 is 0 Å². The Balaban J connectivity index is 1.92. The van der Waals surface area contributed by atoms with Crippen molar-refractivity contribution in [1.29, 1.82) is 5.26 Å². The first kappa shape index (κ1) is 17.4. The van der Waals surface area contributed by atoms with Gasteiger partial charge in [-0.25, -0.2) is 4.98 Å². The first-order valence-corrected chi connectivity index (χ1v) is 8.73. The summed E-state index contributed by atoms with van der Waals surface area (Å²) in [5, 5.41) is 13.1. The normalized spacial score (nSPS) is 11.7. The lowest BCUT2D eigenvalue weighted by Crippen LogP contribution is -2.34. The van der Waals surface area contributed by atoms with Crippen LogP contribution in [-0.2, 0) is 0 Å². The number of aromatic nitrogens is 2. The van der Waals surface area contributed by atoms with Gasteiger partial charge < -0.3 is 5.32 Å². The zero-order valence-corrected chi connectivity index (χ0v) is 15.4. The third-order valence-corrected chi connectivity index (χ3v) is 4.78. The molecule has 2 aromatic carbocycles. The van der Waals surface area contributed by atoms with Crippen LogP contribution in [0, 0.1) is 18.3 Å². The van der Waals surface area contributed by atoms with Gasteiger partial charge in [0.1, 0.15) is 6.07 Å². The van der Waals surface area contributed by atoms with Crippen molar-refractivity contribution in [3.05, 3.63) is 80.8 Å². The molecule has 6 heteroatoms. The predicted molar refractivity (Wildman–Crippen MR) is 108 cm³/mol. The van der Waals surface area contributed by atoms with E-state index in [0.717, 1.165) is 5.69 Å². The number of nitriles is 1. The second kappa shape index (κ2) is 6.63. The Morgan fingerprint density at radius 3 is 2.57 bits per heavy atom. The minimum Gasteiger partial charge on any atom is -0.361 e. The fourth-order valence-electron chi connectivity index (χ4n) is 3.24. The summed E-state index contributed by atoms with van der Waals surface area (Å²) in [5.41, 5.74) is 3.75. The third-order valence-electron chi connectivity index (χ3n) is 4.78. The molecule has 0 radical (unpaired) electrons. The molecule has 0 aliphatic heterocycles. The Hall–Kier alpha value is -3.98. The minimum absolute atomic E-state index is 0.00989. The SMILES string of the molecule is CC(=O)c1ccc(N/C=c2/c(C)c(C#N)c3nc4ccccc4n3c2=O)cc1. The Labute approximate surface area is 160 Å². The monoisotopic (exact) mass is 368 g/mol. The van der Waals surface area contributed by atoms with Gasteiger partial charge in [0, 0.05) is 17.5 Å². The Morgan fingerprint density at radius 1 is 1.18 bits per heavy atom. The molecule has 4 rings (SSSR count). The molecule has 28 heavy (non-hydrogen) atoms. The highest BCUT2D eigenvalue weighted by molar-refractivity contribution is 5.94. The first-order chi connectivity index (χ1) is 13.5. The number of carbonyl (C=O) groups is 1. The van der Waals surface area contributed by atoms with Crippen LogP contribution in [0.15, 0.2) is 53.3 Å². The average molecular weight is 368 g/mol. The number of nitrogens with one attached hydrogen (secondary N) is 1. The summed E-state index contributed by atoms with van der Waals surface area (Å²) in [6.45, 7) is 3.25. The molecule has 1 N–H and O–H groups in total. The van der Waals surface area contributed by atoms with Gasteiger partial charge in [-0.2, -0.15) is 5.26 Å². The molecule has 2 aromatic heterocycles. The summed E-state index contributed by atoms with van der Waals surface area (Å²) in [7, 11) is 0. The molecule has 136 valence electrons. The fraction of sp³-hybridized carbons (Fsp3) is 0.0909. The lowest BCUT2D eigenvalue weighted by Gasteiger charge is -2.05. The van der Waals surface area contributed by atoms with Crippen LogP contribution in [0.1, 0.15) is 28.4 Å². The van der Waals surface area contributed by atoms with E-state index in [4.69, 9.17) is 0 Å². The van der Waals surface area contributed by atoms with Gasteiger partial charge >= 0.3 is 0 Å². The van der Waals surface area contributed by atoms with Gasteiger partial charge in [0.15, 0.2) is 11.4 Å². The van der Waals surface area contributed by atoms with Crippen LogP contribution in [0.4, 0.5) is 5.69 Å².